The van der Waals surface area contributed by atoms with Gasteiger partial charge >= 0.3 is 0 Å². The summed E-state index contributed by atoms with van der Waals surface area (Å²) >= 11 is 0. The van der Waals surface area contributed by atoms with E-state index in [1.54, 1.807) is 25.1 Å². The van der Waals surface area contributed by atoms with E-state index >= 15 is 0 Å². The molecule has 1 unspecified atom stereocenters. The Hall–Kier alpha value is -2.50. The zero-order valence-electron chi connectivity index (χ0n) is 15.1. The lowest BCUT2D eigenvalue weighted by molar-refractivity contribution is 0.0943. The lowest BCUT2D eigenvalue weighted by Gasteiger charge is -2.25. The minimum Gasteiger partial charge on any atom is -0.350 e. The van der Waals surface area contributed by atoms with Gasteiger partial charge in [0, 0.05) is 23.7 Å². The molecule has 0 aromatic heterocycles. The van der Waals surface area contributed by atoms with Crippen molar-refractivity contribution < 1.29 is 13.6 Å². The standard InChI is InChI=1S/C21H20F2N2O.ClH/c1-25(2)20(18-11-10-15(22)12-19(18)23)13-24-21(26)17-9-5-7-14-6-3-4-8-16(14)17;/h3-12,20H,13H2,1-2H3,(H,24,26);1H. The second-order valence-electron chi connectivity index (χ2n) is 6.38. The minimum atomic E-state index is -0.622. The SMILES string of the molecule is CN(C)C(CNC(=O)c1cccc2ccccc12)c1ccc(F)cc1F.Cl. The van der Waals surface area contributed by atoms with Crippen LogP contribution in [0.3, 0.4) is 0 Å². The molecule has 0 saturated heterocycles. The van der Waals surface area contributed by atoms with Crippen LogP contribution in [0.1, 0.15) is 22.0 Å². The molecule has 0 spiro atoms. The summed E-state index contributed by atoms with van der Waals surface area (Å²) < 4.78 is 27.3. The van der Waals surface area contributed by atoms with Gasteiger partial charge in [0.1, 0.15) is 11.6 Å². The van der Waals surface area contributed by atoms with Crippen LogP contribution in [-0.4, -0.2) is 31.4 Å². The molecule has 3 aromatic carbocycles. The van der Waals surface area contributed by atoms with Crippen LogP contribution in [-0.2, 0) is 0 Å². The second kappa shape index (κ2) is 8.93. The van der Waals surface area contributed by atoms with Gasteiger partial charge in [-0.15, -0.1) is 12.4 Å². The highest BCUT2D eigenvalue weighted by Gasteiger charge is 2.20. The van der Waals surface area contributed by atoms with Gasteiger partial charge in [-0.2, -0.15) is 0 Å². The third kappa shape index (κ3) is 4.62. The Morgan fingerprint density at radius 1 is 1.04 bits per heavy atom. The van der Waals surface area contributed by atoms with E-state index in [4.69, 9.17) is 0 Å². The fraction of sp³-hybridized carbons (Fsp3) is 0.190. The average Bonchev–Trinajstić information content (AvgIpc) is 2.62. The Morgan fingerprint density at radius 3 is 2.44 bits per heavy atom. The monoisotopic (exact) mass is 390 g/mol. The number of benzene rings is 3. The smallest absolute Gasteiger partial charge is 0.251 e. The average molecular weight is 391 g/mol. The lowest BCUT2D eigenvalue weighted by atomic mass is 10.0. The van der Waals surface area contributed by atoms with Gasteiger partial charge in [-0.1, -0.05) is 42.5 Å². The van der Waals surface area contributed by atoms with Crippen LogP contribution in [0.2, 0.25) is 0 Å². The molecule has 3 nitrogen and oxygen atoms in total. The van der Waals surface area contributed by atoms with Crippen LogP contribution in [0, 0.1) is 11.6 Å². The van der Waals surface area contributed by atoms with Crippen molar-refractivity contribution in [3.8, 4) is 0 Å². The molecule has 1 amide bonds. The fourth-order valence-corrected chi connectivity index (χ4v) is 3.05. The van der Waals surface area contributed by atoms with Crippen molar-refractivity contribution in [2.45, 2.75) is 6.04 Å². The molecule has 0 saturated carbocycles. The van der Waals surface area contributed by atoms with E-state index < -0.39 is 17.7 Å². The lowest BCUT2D eigenvalue weighted by Crippen LogP contribution is -2.35. The van der Waals surface area contributed by atoms with Gasteiger partial charge < -0.3 is 10.2 Å². The molecule has 0 bridgehead atoms. The topological polar surface area (TPSA) is 32.3 Å². The normalized spacial score (nSPS) is 11.9. The van der Waals surface area contributed by atoms with E-state index in [0.29, 0.717) is 11.1 Å². The number of hydrogen-bond acceptors (Lipinski definition) is 2. The maximum Gasteiger partial charge on any atom is 0.251 e. The van der Waals surface area contributed by atoms with Gasteiger partial charge in [-0.25, -0.2) is 8.78 Å². The Labute approximate surface area is 163 Å². The van der Waals surface area contributed by atoms with Crippen molar-refractivity contribution in [2.24, 2.45) is 0 Å². The first kappa shape index (κ1) is 20.8. The van der Waals surface area contributed by atoms with Crippen LogP contribution in [0.4, 0.5) is 8.78 Å². The Balaban J connectivity index is 0.00000261. The molecule has 0 aliphatic rings. The summed E-state index contributed by atoms with van der Waals surface area (Å²) in [6.07, 6.45) is 0. The van der Waals surface area contributed by atoms with E-state index in [9.17, 15) is 13.6 Å². The predicted molar refractivity (Wildman–Crippen MR) is 106 cm³/mol. The summed E-state index contributed by atoms with van der Waals surface area (Å²) in [4.78, 5) is 14.5. The van der Waals surface area contributed by atoms with Gasteiger partial charge in [-0.3, -0.25) is 4.79 Å². The van der Waals surface area contributed by atoms with E-state index in [1.165, 1.54) is 12.1 Å². The third-order valence-electron chi connectivity index (χ3n) is 4.44. The van der Waals surface area contributed by atoms with Gasteiger partial charge in [0.05, 0.1) is 6.04 Å². The molecule has 3 rings (SSSR count). The van der Waals surface area contributed by atoms with E-state index in [1.807, 2.05) is 36.4 Å². The highest BCUT2D eigenvalue weighted by Crippen LogP contribution is 2.22. The quantitative estimate of drug-likeness (QED) is 0.692. The number of nitrogens with zero attached hydrogens (tertiary/aromatic N) is 1. The summed E-state index contributed by atoms with van der Waals surface area (Å²) in [5, 5.41) is 4.72. The van der Waals surface area contributed by atoms with Crippen LogP contribution in [0.5, 0.6) is 0 Å². The highest BCUT2D eigenvalue weighted by molar-refractivity contribution is 6.07. The van der Waals surface area contributed by atoms with Crippen molar-refractivity contribution in [3.05, 3.63) is 83.4 Å². The summed E-state index contributed by atoms with van der Waals surface area (Å²) in [6, 6.07) is 16.3. The molecule has 0 radical (unpaired) electrons. The first-order chi connectivity index (χ1) is 12.5. The van der Waals surface area contributed by atoms with Gasteiger partial charge in [0.25, 0.3) is 5.91 Å². The summed E-state index contributed by atoms with van der Waals surface area (Å²) in [7, 11) is 3.58. The fourth-order valence-electron chi connectivity index (χ4n) is 3.05. The van der Waals surface area contributed by atoms with Crippen LogP contribution < -0.4 is 5.32 Å². The second-order valence-corrected chi connectivity index (χ2v) is 6.38. The van der Waals surface area contributed by atoms with E-state index in [0.717, 1.165) is 16.8 Å². The molecular formula is C21H21ClF2N2O. The number of rotatable bonds is 5. The zero-order valence-corrected chi connectivity index (χ0v) is 15.9. The van der Waals surface area contributed by atoms with Crippen molar-refractivity contribution >= 4 is 29.1 Å². The molecule has 0 heterocycles. The molecule has 1 atom stereocenters. The van der Waals surface area contributed by atoms with Gasteiger partial charge in [-0.05, 0) is 37.0 Å². The number of likely N-dealkylation sites (N-methyl/N-ethyl adjacent to an activating group) is 1. The first-order valence-electron chi connectivity index (χ1n) is 8.34. The number of nitrogens with one attached hydrogen (secondary N) is 1. The number of hydrogen-bond donors (Lipinski definition) is 1. The summed E-state index contributed by atoms with van der Waals surface area (Å²) in [5.74, 6) is -1.47. The molecule has 3 aromatic rings. The first-order valence-corrected chi connectivity index (χ1v) is 8.34. The number of fused-ring (bicyclic) bond motifs is 1. The van der Waals surface area contributed by atoms with Gasteiger partial charge in [0.2, 0.25) is 0 Å². The van der Waals surface area contributed by atoms with Crippen LogP contribution in [0.15, 0.2) is 60.7 Å². The van der Waals surface area contributed by atoms with Crippen molar-refractivity contribution in [2.75, 3.05) is 20.6 Å². The maximum atomic E-state index is 14.1. The zero-order chi connectivity index (χ0) is 18.7. The van der Waals surface area contributed by atoms with Crippen molar-refractivity contribution in [1.82, 2.24) is 10.2 Å². The largest absolute Gasteiger partial charge is 0.350 e. The molecule has 0 aliphatic carbocycles. The molecule has 142 valence electrons. The summed E-state index contributed by atoms with van der Waals surface area (Å²) in [5.41, 5.74) is 0.912. The van der Waals surface area contributed by atoms with Crippen LogP contribution >= 0.6 is 12.4 Å². The van der Waals surface area contributed by atoms with E-state index in [-0.39, 0.29) is 24.9 Å². The molecule has 0 fully saturated rings. The van der Waals surface area contributed by atoms with Crippen molar-refractivity contribution in [3.63, 3.8) is 0 Å². The summed E-state index contributed by atoms with van der Waals surface area (Å²) in [6.45, 7) is 0.206. The van der Waals surface area contributed by atoms with Gasteiger partial charge in [0.15, 0.2) is 0 Å². The Kier molecular flexibility index (Phi) is 6.88. The molecule has 27 heavy (non-hydrogen) atoms. The Morgan fingerprint density at radius 2 is 1.74 bits per heavy atom. The maximum absolute atomic E-state index is 14.1. The number of carbonyl (C=O) groups is 1. The predicted octanol–water partition coefficient (Wildman–Crippen LogP) is 4.57. The number of amides is 1. The highest BCUT2D eigenvalue weighted by atomic mass is 35.5. The van der Waals surface area contributed by atoms with E-state index in [2.05, 4.69) is 5.32 Å². The number of halogens is 3. The van der Waals surface area contributed by atoms with Crippen LogP contribution in [0.25, 0.3) is 10.8 Å². The molecule has 1 N–H and O–H groups in total. The number of carbonyl (C=O) groups excluding carboxylic acids is 1. The Bertz CT molecular complexity index is 941. The third-order valence-corrected chi connectivity index (χ3v) is 4.44. The molecule has 0 aliphatic heterocycles. The molecular weight excluding hydrogens is 370 g/mol. The van der Waals surface area contributed by atoms with Crippen molar-refractivity contribution in [1.29, 1.82) is 0 Å². The molecule has 6 heteroatoms. The minimum absolute atomic E-state index is 0.